The summed E-state index contributed by atoms with van der Waals surface area (Å²) in [5, 5.41) is 10.0. The third kappa shape index (κ3) is 1.62. The van der Waals surface area contributed by atoms with Gasteiger partial charge in [-0.2, -0.15) is 0 Å². The lowest BCUT2D eigenvalue weighted by molar-refractivity contribution is 0.667. The van der Waals surface area contributed by atoms with E-state index in [1.165, 1.54) is 71.3 Å². The fourth-order valence-corrected chi connectivity index (χ4v) is 7.30. The number of benzene rings is 5. The molecule has 0 amide bonds. The maximum absolute atomic E-state index is 6.37. The molecular formula is C31H16N2O. The third-order valence-electron chi connectivity index (χ3n) is 8.56. The molecule has 0 atom stereocenters. The fourth-order valence-electron chi connectivity index (χ4n) is 7.30. The molecule has 7 aromatic rings. The largest absolute Gasteiger partial charge is 0.452 e. The number of furan rings is 1. The van der Waals surface area contributed by atoms with Gasteiger partial charge in [0.2, 0.25) is 0 Å². The minimum Gasteiger partial charge on any atom is -0.452 e. The van der Waals surface area contributed by atoms with Gasteiger partial charge in [-0.1, -0.05) is 36.4 Å². The Morgan fingerprint density at radius 3 is 2.06 bits per heavy atom. The van der Waals surface area contributed by atoms with Crippen LogP contribution < -0.4 is 0 Å². The maximum Gasteiger partial charge on any atom is 0.180 e. The Morgan fingerprint density at radius 1 is 0.618 bits per heavy atom. The first-order chi connectivity index (χ1) is 16.8. The average Bonchev–Trinajstić information content (AvgIpc) is 3.61. The van der Waals surface area contributed by atoms with E-state index >= 15 is 0 Å². The van der Waals surface area contributed by atoms with Crippen molar-refractivity contribution in [1.29, 1.82) is 0 Å². The number of hydrogen-bond acceptors (Lipinski definition) is 3. The van der Waals surface area contributed by atoms with Crippen LogP contribution in [-0.2, 0) is 19.3 Å². The molecule has 0 aliphatic heterocycles. The predicted molar refractivity (Wildman–Crippen MR) is 136 cm³/mol. The van der Waals surface area contributed by atoms with Gasteiger partial charge in [0.25, 0.3) is 0 Å². The van der Waals surface area contributed by atoms with Crippen LogP contribution in [0.5, 0.6) is 0 Å². The smallest absolute Gasteiger partial charge is 0.180 e. The number of fused-ring (bicyclic) bond motifs is 3. The van der Waals surface area contributed by atoms with Crippen LogP contribution in [0.3, 0.4) is 0 Å². The molecule has 0 fully saturated rings. The second-order valence-corrected chi connectivity index (χ2v) is 10.1. The highest BCUT2D eigenvalue weighted by Gasteiger charge is 2.33. The van der Waals surface area contributed by atoms with Gasteiger partial charge in [-0.15, -0.1) is 0 Å². The Kier molecular flexibility index (Phi) is 2.47. The lowest BCUT2D eigenvalue weighted by atomic mass is 9.92. The first-order valence-corrected chi connectivity index (χ1v) is 12.0. The molecule has 5 aromatic carbocycles. The van der Waals surface area contributed by atoms with Crippen molar-refractivity contribution in [2.75, 3.05) is 0 Å². The van der Waals surface area contributed by atoms with Crippen LogP contribution in [0.2, 0.25) is 0 Å². The van der Waals surface area contributed by atoms with E-state index in [2.05, 4.69) is 41.4 Å². The van der Waals surface area contributed by atoms with Crippen molar-refractivity contribution in [3.8, 4) is 11.3 Å². The Balaban J connectivity index is 1.43. The average molecular weight is 432 g/mol. The summed E-state index contributed by atoms with van der Waals surface area (Å²) in [5.41, 5.74) is 13.4. The van der Waals surface area contributed by atoms with E-state index in [9.17, 15) is 0 Å². The van der Waals surface area contributed by atoms with E-state index < -0.39 is 0 Å². The van der Waals surface area contributed by atoms with Crippen LogP contribution >= 0.6 is 0 Å². The molecule has 10 rings (SSSR count). The van der Waals surface area contributed by atoms with Crippen LogP contribution in [-0.4, -0.2) is 9.97 Å². The normalized spacial score (nSPS) is 14.7. The Morgan fingerprint density at radius 2 is 1.26 bits per heavy atom. The molecular weight excluding hydrogens is 416 g/mol. The van der Waals surface area contributed by atoms with Gasteiger partial charge >= 0.3 is 0 Å². The van der Waals surface area contributed by atoms with Gasteiger partial charge in [-0.05, 0) is 103 Å². The Labute approximate surface area is 193 Å². The van der Waals surface area contributed by atoms with Crippen molar-refractivity contribution in [2.24, 2.45) is 0 Å². The molecule has 0 spiro atoms. The maximum atomic E-state index is 6.37. The molecule has 3 aliphatic rings. The summed E-state index contributed by atoms with van der Waals surface area (Å²) in [7, 11) is 0. The molecule has 34 heavy (non-hydrogen) atoms. The van der Waals surface area contributed by atoms with Gasteiger partial charge < -0.3 is 4.42 Å². The van der Waals surface area contributed by atoms with Gasteiger partial charge in [0.1, 0.15) is 23.1 Å². The summed E-state index contributed by atoms with van der Waals surface area (Å²) in [5.74, 6) is 0. The first-order valence-electron chi connectivity index (χ1n) is 12.0. The van der Waals surface area contributed by atoms with E-state index in [-0.39, 0.29) is 0 Å². The van der Waals surface area contributed by atoms with Gasteiger partial charge in [0, 0.05) is 10.9 Å². The van der Waals surface area contributed by atoms with E-state index in [1.807, 2.05) is 18.2 Å². The SMILES string of the molecule is c1ccc2c(c1)oc1c(-c3cc4c5c6c(ccc7c6c6c(ccc8c6c5c3C8)C7)C4)ncnc12. The molecule has 0 saturated heterocycles. The molecule has 0 saturated carbocycles. The summed E-state index contributed by atoms with van der Waals surface area (Å²) in [6, 6.07) is 20.0. The molecule has 2 heterocycles. The highest BCUT2D eigenvalue weighted by atomic mass is 16.3. The van der Waals surface area contributed by atoms with Crippen molar-refractivity contribution >= 4 is 54.4 Å². The standard InChI is InChI=1S/C31H16N2O/c1-2-4-22-19(3-1)29-31(34-22)30(33-13-32-29)21-12-18-10-16-6-5-14-9-15-7-8-17-11-20(21)28-26(17)24(15)23(14)25(16)27(18)28/h1-8,12-13H,9-11H2. The van der Waals surface area contributed by atoms with E-state index in [1.54, 1.807) is 6.33 Å². The second-order valence-electron chi connectivity index (χ2n) is 10.1. The summed E-state index contributed by atoms with van der Waals surface area (Å²) in [6.45, 7) is 0. The monoisotopic (exact) mass is 432 g/mol. The van der Waals surface area contributed by atoms with Gasteiger partial charge in [-0.25, -0.2) is 9.97 Å². The molecule has 2 aromatic heterocycles. The minimum absolute atomic E-state index is 0.794. The molecule has 156 valence electrons. The zero-order valence-electron chi connectivity index (χ0n) is 18.2. The number of rotatable bonds is 1. The van der Waals surface area contributed by atoms with Crippen molar-refractivity contribution in [1.82, 2.24) is 9.97 Å². The molecule has 3 aliphatic carbocycles. The summed E-state index contributed by atoms with van der Waals surface area (Å²) >= 11 is 0. The minimum atomic E-state index is 0.794. The van der Waals surface area contributed by atoms with E-state index in [0.29, 0.717) is 0 Å². The molecule has 0 bridgehead atoms. The first kappa shape index (κ1) is 16.4. The summed E-state index contributed by atoms with van der Waals surface area (Å²) in [6.07, 6.45) is 4.70. The second kappa shape index (κ2) is 5.13. The van der Waals surface area contributed by atoms with Gasteiger partial charge in [-0.3, -0.25) is 0 Å². The van der Waals surface area contributed by atoms with Crippen LogP contribution in [0.1, 0.15) is 33.4 Å². The van der Waals surface area contributed by atoms with Crippen molar-refractivity contribution in [2.45, 2.75) is 19.3 Å². The molecule has 0 N–H and O–H groups in total. The van der Waals surface area contributed by atoms with Crippen molar-refractivity contribution < 1.29 is 4.42 Å². The lowest BCUT2D eigenvalue weighted by Crippen LogP contribution is -1.94. The highest BCUT2D eigenvalue weighted by molar-refractivity contribution is 6.34. The number of aromatic nitrogens is 2. The van der Waals surface area contributed by atoms with Gasteiger partial charge in [0.15, 0.2) is 5.58 Å². The Bertz CT molecular complexity index is 2110. The molecule has 3 heteroatoms. The topological polar surface area (TPSA) is 38.9 Å². The Hall–Kier alpha value is -4.24. The zero-order valence-corrected chi connectivity index (χ0v) is 18.2. The quantitative estimate of drug-likeness (QED) is 0.257. The molecule has 0 radical (unpaired) electrons. The van der Waals surface area contributed by atoms with Crippen molar-refractivity contribution in [3.63, 3.8) is 0 Å². The summed E-state index contributed by atoms with van der Waals surface area (Å²) < 4.78 is 6.37. The number of nitrogens with zero attached hydrogens (tertiary/aromatic N) is 2. The van der Waals surface area contributed by atoms with E-state index in [4.69, 9.17) is 9.40 Å². The van der Waals surface area contributed by atoms with E-state index in [0.717, 1.165) is 47.0 Å². The van der Waals surface area contributed by atoms with Crippen LogP contribution in [0.15, 0.2) is 65.3 Å². The third-order valence-corrected chi connectivity index (χ3v) is 8.56. The summed E-state index contributed by atoms with van der Waals surface area (Å²) in [4.78, 5) is 9.44. The molecule has 3 nitrogen and oxygen atoms in total. The van der Waals surface area contributed by atoms with Crippen LogP contribution in [0.4, 0.5) is 0 Å². The number of hydrogen-bond donors (Lipinski definition) is 0. The predicted octanol–water partition coefficient (Wildman–Crippen LogP) is 7.22. The number of para-hydroxylation sites is 1. The van der Waals surface area contributed by atoms with Crippen LogP contribution in [0, 0.1) is 0 Å². The highest BCUT2D eigenvalue weighted by Crippen LogP contribution is 2.55. The van der Waals surface area contributed by atoms with Crippen LogP contribution in [0.25, 0.3) is 65.6 Å². The fraction of sp³-hybridized carbons (Fsp3) is 0.0968. The lowest BCUT2D eigenvalue weighted by Gasteiger charge is -2.12. The van der Waals surface area contributed by atoms with Gasteiger partial charge in [0.05, 0.1) is 0 Å². The zero-order chi connectivity index (χ0) is 21.7. The molecule has 0 unspecified atom stereocenters. The van der Waals surface area contributed by atoms with Crippen molar-refractivity contribution in [3.05, 3.63) is 94.3 Å².